The number of benzene rings is 9. The van der Waals surface area contributed by atoms with Gasteiger partial charge in [-0.1, -0.05) is 395 Å². The number of hydrogen-bond donors (Lipinski definition) is 0. The van der Waals surface area contributed by atoms with E-state index in [0.717, 1.165) is 44.1 Å². The first-order chi connectivity index (χ1) is 49.8. The van der Waals surface area contributed by atoms with Crippen molar-refractivity contribution in [3.63, 3.8) is 0 Å². The predicted molar refractivity (Wildman–Crippen MR) is 438 cm³/mol. The van der Waals surface area contributed by atoms with Crippen molar-refractivity contribution in [2.45, 2.75) is 257 Å². The molecule has 0 N–H and O–H groups in total. The van der Waals surface area contributed by atoms with Crippen LogP contribution in [0.1, 0.15) is 295 Å². The maximum absolute atomic E-state index is 9.36. The Hall–Kier alpha value is -8.23. The molecule has 0 aromatic heterocycles. The van der Waals surface area contributed by atoms with Gasteiger partial charge < -0.3 is 0 Å². The van der Waals surface area contributed by atoms with Crippen molar-refractivity contribution >= 4 is 24.3 Å². The molecule has 3 heteroatoms. The van der Waals surface area contributed by atoms with Crippen LogP contribution in [0.2, 0.25) is 0 Å². The zero-order chi connectivity index (χ0) is 69.9. The SMILES string of the molecule is CCCCCCC1(CCCCCC)c2cc(-c3ccc(/C=C/c4ccccc4)cc3)ccc2-c2c1c1c(c3c2C(CCCCCC)(CCCCCC)c2cc(-c4ccc(CN=[N+]=[N-])cc4)ccc2-3)C(CCCCCC)(CCCCCC)c2cc(-c3ccc(/C=C/c4ccccc4)cc3)ccc2-1. The molecule has 0 unspecified atom stereocenters. The molecule has 0 aliphatic heterocycles. The number of fused-ring (bicyclic) bond motifs is 12. The van der Waals surface area contributed by atoms with Crippen LogP contribution in [0.5, 0.6) is 0 Å². The molecule has 0 heterocycles. The molecule has 0 saturated heterocycles. The van der Waals surface area contributed by atoms with Crippen molar-refractivity contribution in [2.75, 3.05) is 0 Å². The summed E-state index contributed by atoms with van der Waals surface area (Å²) in [5.41, 5.74) is 41.8. The van der Waals surface area contributed by atoms with E-state index in [1.807, 2.05) is 0 Å². The van der Waals surface area contributed by atoms with Crippen LogP contribution < -0.4 is 0 Å². The first kappa shape index (κ1) is 72.6. The molecule has 0 radical (unpaired) electrons. The van der Waals surface area contributed by atoms with Crippen molar-refractivity contribution in [1.29, 1.82) is 0 Å². The van der Waals surface area contributed by atoms with Gasteiger partial charge in [-0.15, -0.1) is 0 Å². The molecular formula is C98H115N3. The molecular weight excluding hydrogens is 1220 g/mol. The lowest BCUT2D eigenvalue weighted by Crippen LogP contribution is -2.31. The Morgan fingerprint density at radius 2 is 0.545 bits per heavy atom. The fourth-order valence-corrected chi connectivity index (χ4v) is 18.5. The van der Waals surface area contributed by atoms with Crippen molar-refractivity contribution in [3.8, 4) is 66.8 Å². The lowest BCUT2D eigenvalue weighted by molar-refractivity contribution is 0.389. The topological polar surface area (TPSA) is 48.8 Å². The monoisotopic (exact) mass is 1330 g/mol. The largest absolute Gasteiger partial charge is 0.0893 e. The van der Waals surface area contributed by atoms with E-state index >= 15 is 0 Å². The number of rotatable bonds is 39. The summed E-state index contributed by atoms with van der Waals surface area (Å²) >= 11 is 0. The molecule has 9 aromatic carbocycles. The molecule has 0 saturated carbocycles. The fraction of sp³-hybridized carbons (Fsp3) is 0.408. The predicted octanol–water partition coefficient (Wildman–Crippen LogP) is 30.5. The van der Waals surface area contributed by atoms with Crippen LogP contribution in [0.25, 0.3) is 102 Å². The van der Waals surface area contributed by atoms with Crippen LogP contribution in [-0.4, -0.2) is 0 Å². The maximum Gasteiger partial charge on any atom is 0.0510 e. The Morgan fingerprint density at radius 3 is 0.812 bits per heavy atom. The van der Waals surface area contributed by atoms with Crippen LogP contribution in [0, 0.1) is 0 Å². The summed E-state index contributed by atoms with van der Waals surface area (Å²) in [4.78, 5) is 3.14. The van der Waals surface area contributed by atoms with Gasteiger partial charge in [0.25, 0.3) is 0 Å². The van der Waals surface area contributed by atoms with Crippen LogP contribution in [-0.2, 0) is 22.8 Å². The Labute approximate surface area is 609 Å². The summed E-state index contributed by atoms with van der Waals surface area (Å²) in [6, 6.07) is 73.3. The molecule has 0 atom stereocenters. The van der Waals surface area contributed by atoms with Gasteiger partial charge >= 0.3 is 0 Å². The smallest absolute Gasteiger partial charge is 0.0510 e. The third kappa shape index (κ3) is 15.7. The third-order valence-electron chi connectivity index (χ3n) is 23.7. The average molecular weight is 1340 g/mol. The van der Waals surface area contributed by atoms with Gasteiger partial charge in [0.15, 0.2) is 0 Å². The number of unbranched alkanes of at least 4 members (excludes halogenated alkanes) is 18. The summed E-state index contributed by atoms with van der Waals surface area (Å²) in [6.45, 7) is 14.8. The van der Waals surface area contributed by atoms with Gasteiger partial charge in [-0.3, -0.25) is 0 Å². The van der Waals surface area contributed by atoms with E-state index < -0.39 is 0 Å². The average Bonchev–Trinajstić information content (AvgIpc) is 1.48. The minimum Gasteiger partial charge on any atom is -0.0893 e. The van der Waals surface area contributed by atoms with Gasteiger partial charge in [0.05, 0.1) is 6.54 Å². The third-order valence-corrected chi connectivity index (χ3v) is 23.7. The second-order valence-electron chi connectivity index (χ2n) is 30.5. The van der Waals surface area contributed by atoms with Crippen LogP contribution in [0.4, 0.5) is 0 Å². The van der Waals surface area contributed by atoms with Crippen molar-refractivity contribution in [1.82, 2.24) is 0 Å². The highest BCUT2D eigenvalue weighted by atomic mass is 15.1. The lowest BCUT2D eigenvalue weighted by atomic mass is 9.63. The van der Waals surface area contributed by atoms with E-state index in [9.17, 15) is 5.53 Å². The minimum absolute atomic E-state index is 0.216. The van der Waals surface area contributed by atoms with Crippen molar-refractivity contribution in [2.24, 2.45) is 5.11 Å². The summed E-state index contributed by atoms with van der Waals surface area (Å²) in [5.74, 6) is 0. The number of azide groups is 1. The quantitative estimate of drug-likeness (QED) is 0.0121. The number of hydrogen-bond acceptors (Lipinski definition) is 1. The zero-order valence-corrected chi connectivity index (χ0v) is 62.5. The normalized spacial score (nSPS) is 14.0. The highest BCUT2D eigenvalue weighted by molar-refractivity contribution is 6.06. The highest BCUT2D eigenvalue weighted by Gasteiger charge is 2.58. The van der Waals surface area contributed by atoms with Crippen LogP contribution in [0.15, 0.2) is 193 Å². The molecule has 0 spiro atoms. The fourth-order valence-electron chi connectivity index (χ4n) is 18.5. The summed E-state index contributed by atoms with van der Waals surface area (Å²) in [5, 5.41) is 3.98. The number of nitrogens with zero attached hydrogens (tertiary/aromatic N) is 3. The first-order valence-corrected chi connectivity index (χ1v) is 40.3. The van der Waals surface area contributed by atoms with Crippen molar-refractivity contribution < 1.29 is 0 Å². The van der Waals surface area contributed by atoms with E-state index in [4.69, 9.17) is 0 Å². The van der Waals surface area contributed by atoms with E-state index in [-0.39, 0.29) is 16.2 Å². The van der Waals surface area contributed by atoms with E-state index in [0.29, 0.717) is 6.54 Å². The minimum atomic E-state index is -0.227. The lowest BCUT2D eigenvalue weighted by Gasteiger charge is -2.40. The molecule has 0 amide bonds. The Bertz CT molecular complexity index is 4130. The maximum atomic E-state index is 9.36. The summed E-state index contributed by atoms with van der Waals surface area (Å²) in [7, 11) is 0. The Balaban J connectivity index is 1.20. The van der Waals surface area contributed by atoms with E-state index in [1.54, 1.807) is 50.1 Å². The van der Waals surface area contributed by atoms with Gasteiger partial charge in [0, 0.05) is 21.2 Å². The first-order valence-electron chi connectivity index (χ1n) is 40.3. The standard InChI is InChI=1S/C98H115N3/c1-7-13-19-31-63-96(64-32-20-14-8-2)88-70-82(79-53-47-76(48-54-79)44-42-74-39-29-26-30-40-74)58-61-85(88)91-93(96)90-84-60-57-81(78-51-45-75(46-52-78)43-41-73-37-27-25-28-38-73)69-87(84)97(65-33-21-15-9-3,66-34-22-16-10-4)94(90)92-86-62-59-83(80-55-49-77(50-56-80)72-100-101-99)71-89(86)98(95(91)92,67-35-23-17-11-5)68-36-24-18-12-6/h25-30,37-62,69-71H,7-24,31-36,63-68,72H2,1-6H3/b43-41+,44-42+. The van der Waals surface area contributed by atoms with Crippen LogP contribution in [0.3, 0.4) is 0 Å². The van der Waals surface area contributed by atoms with Gasteiger partial charge in [-0.05, 0) is 190 Å². The van der Waals surface area contributed by atoms with E-state index in [1.165, 1.54) is 226 Å². The zero-order valence-electron chi connectivity index (χ0n) is 62.5. The molecule has 0 bridgehead atoms. The van der Waals surface area contributed by atoms with E-state index in [2.05, 4.69) is 264 Å². The van der Waals surface area contributed by atoms with Gasteiger partial charge in [0.1, 0.15) is 0 Å². The molecule has 12 rings (SSSR count). The second-order valence-corrected chi connectivity index (χ2v) is 30.5. The van der Waals surface area contributed by atoms with Gasteiger partial charge in [0.2, 0.25) is 0 Å². The van der Waals surface area contributed by atoms with Gasteiger partial charge in [-0.2, -0.15) is 0 Å². The molecule has 3 nitrogen and oxygen atoms in total. The summed E-state index contributed by atoms with van der Waals surface area (Å²) in [6.07, 6.45) is 45.6. The van der Waals surface area contributed by atoms with Crippen LogP contribution >= 0.6 is 0 Å². The molecule has 522 valence electrons. The second kappa shape index (κ2) is 35.1. The van der Waals surface area contributed by atoms with Crippen molar-refractivity contribution in [3.05, 3.63) is 260 Å². The highest BCUT2D eigenvalue weighted by Crippen LogP contribution is 2.72. The molecule has 0 fully saturated rings. The molecule has 9 aromatic rings. The van der Waals surface area contributed by atoms with Gasteiger partial charge in [-0.25, -0.2) is 0 Å². The molecule has 3 aliphatic rings. The molecule has 3 aliphatic carbocycles. The summed E-state index contributed by atoms with van der Waals surface area (Å²) < 4.78 is 0. The Kier molecular flexibility index (Phi) is 25.2. The Morgan fingerprint density at radius 1 is 0.287 bits per heavy atom. The molecule has 101 heavy (non-hydrogen) atoms.